The molecule has 0 aromatic heterocycles. The van der Waals surface area contributed by atoms with Crippen molar-refractivity contribution in [3.63, 3.8) is 0 Å². The first-order valence-electron chi connectivity index (χ1n) is 7.91. The zero-order chi connectivity index (χ0) is 12.6. The molecule has 0 heterocycles. The van der Waals surface area contributed by atoms with Gasteiger partial charge in [-0.2, -0.15) is 0 Å². The van der Waals surface area contributed by atoms with Gasteiger partial charge in [-0.3, -0.25) is 0 Å². The summed E-state index contributed by atoms with van der Waals surface area (Å²) >= 11 is 0. The molecule has 0 bridgehead atoms. The summed E-state index contributed by atoms with van der Waals surface area (Å²) < 4.78 is 0. The van der Waals surface area contributed by atoms with E-state index in [4.69, 9.17) is 0 Å². The van der Waals surface area contributed by atoms with Crippen LogP contribution in [0, 0.1) is 11.3 Å². The van der Waals surface area contributed by atoms with Crippen molar-refractivity contribution in [3.8, 4) is 0 Å². The fourth-order valence-electron chi connectivity index (χ4n) is 3.52. The molecule has 1 nitrogen and oxygen atoms in total. The number of hydrogen-bond acceptors (Lipinski definition) is 1. The second-order valence-electron chi connectivity index (χ2n) is 6.45. The molecule has 1 rings (SSSR count). The van der Waals surface area contributed by atoms with E-state index in [9.17, 15) is 0 Å². The molecule has 102 valence electrons. The molecule has 1 unspecified atom stereocenters. The summed E-state index contributed by atoms with van der Waals surface area (Å²) in [6.45, 7) is 9.51. The summed E-state index contributed by atoms with van der Waals surface area (Å²) in [5.41, 5.74) is 0.548. The Morgan fingerprint density at radius 3 is 2.35 bits per heavy atom. The Hall–Kier alpha value is -0.0400. The zero-order valence-corrected chi connectivity index (χ0v) is 12.4. The van der Waals surface area contributed by atoms with E-state index < -0.39 is 0 Å². The maximum atomic E-state index is 3.65. The van der Waals surface area contributed by atoms with Crippen LogP contribution in [-0.2, 0) is 0 Å². The van der Waals surface area contributed by atoms with Crippen LogP contribution < -0.4 is 5.32 Å². The highest BCUT2D eigenvalue weighted by Crippen LogP contribution is 2.37. The Kier molecular flexibility index (Phi) is 7.18. The van der Waals surface area contributed by atoms with Crippen molar-refractivity contribution in [1.29, 1.82) is 0 Å². The van der Waals surface area contributed by atoms with Crippen LogP contribution in [-0.4, -0.2) is 13.1 Å². The lowest BCUT2D eigenvalue weighted by molar-refractivity contribution is 0.182. The summed E-state index contributed by atoms with van der Waals surface area (Å²) in [6.07, 6.45) is 12.9. The van der Waals surface area contributed by atoms with Gasteiger partial charge in [0.05, 0.1) is 0 Å². The lowest BCUT2D eigenvalue weighted by Crippen LogP contribution is -2.34. The average molecular weight is 239 g/mol. The van der Waals surface area contributed by atoms with Crippen LogP contribution in [0.2, 0.25) is 0 Å². The van der Waals surface area contributed by atoms with Gasteiger partial charge >= 0.3 is 0 Å². The van der Waals surface area contributed by atoms with Crippen LogP contribution in [0.3, 0.4) is 0 Å². The van der Waals surface area contributed by atoms with Gasteiger partial charge in [-0.25, -0.2) is 0 Å². The summed E-state index contributed by atoms with van der Waals surface area (Å²) in [5.74, 6) is 1.02. The zero-order valence-electron chi connectivity index (χ0n) is 12.4. The van der Waals surface area contributed by atoms with E-state index in [-0.39, 0.29) is 0 Å². The first kappa shape index (κ1) is 15.0. The minimum absolute atomic E-state index is 0.548. The molecule has 0 radical (unpaired) electrons. The van der Waals surface area contributed by atoms with E-state index in [2.05, 4.69) is 26.1 Å². The number of hydrogen-bond donors (Lipinski definition) is 1. The normalized spacial score (nSPS) is 21.4. The van der Waals surface area contributed by atoms with Gasteiger partial charge in [0.1, 0.15) is 0 Å². The second-order valence-corrected chi connectivity index (χ2v) is 6.45. The van der Waals surface area contributed by atoms with Crippen molar-refractivity contribution in [1.82, 2.24) is 5.32 Å². The molecule has 0 aromatic rings. The van der Waals surface area contributed by atoms with Crippen molar-refractivity contribution in [2.24, 2.45) is 11.3 Å². The molecule has 1 saturated carbocycles. The summed E-state index contributed by atoms with van der Waals surface area (Å²) in [4.78, 5) is 0. The Labute approximate surface area is 109 Å². The van der Waals surface area contributed by atoms with E-state index >= 15 is 0 Å². The van der Waals surface area contributed by atoms with E-state index in [1.54, 1.807) is 0 Å². The molecule has 1 atom stereocenters. The van der Waals surface area contributed by atoms with Crippen LogP contribution in [0.25, 0.3) is 0 Å². The quantitative estimate of drug-likeness (QED) is 0.602. The van der Waals surface area contributed by atoms with E-state index in [0.29, 0.717) is 5.41 Å². The predicted molar refractivity (Wildman–Crippen MR) is 77.4 cm³/mol. The number of nitrogens with one attached hydrogen (secondary N) is 1. The monoisotopic (exact) mass is 239 g/mol. The smallest absolute Gasteiger partial charge is 0.000526 e. The molecule has 1 N–H and O–H groups in total. The van der Waals surface area contributed by atoms with Gasteiger partial charge in [0.2, 0.25) is 0 Å². The lowest BCUT2D eigenvalue weighted by Gasteiger charge is -2.35. The minimum Gasteiger partial charge on any atom is -0.316 e. The van der Waals surface area contributed by atoms with Gasteiger partial charge < -0.3 is 5.32 Å². The van der Waals surface area contributed by atoms with Crippen LogP contribution in [0.1, 0.15) is 78.6 Å². The molecule has 1 fully saturated rings. The lowest BCUT2D eigenvalue weighted by atomic mass is 9.73. The van der Waals surface area contributed by atoms with Crippen molar-refractivity contribution in [2.75, 3.05) is 13.1 Å². The largest absolute Gasteiger partial charge is 0.316 e. The van der Waals surface area contributed by atoms with Crippen molar-refractivity contribution < 1.29 is 0 Å². The van der Waals surface area contributed by atoms with E-state index in [1.165, 1.54) is 70.9 Å². The Morgan fingerprint density at radius 1 is 1.06 bits per heavy atom. The van der Waals surface area contributed by atoms with Crippen LogP contribution in [0.15, 0.2) is 0 Å². The minimum atomic E-state index is 0.548. The van der Waals surface area contributed by atoms with Gasteiger partial charge in [-0.15, -0.1) is 0 Å². The molecule has 0 spiro atoms. The molecule has 1 aliphatic carbocycles. The highest BCUT2D eigenvalue weighted by molar-refractivity contribution is 4.81. The number of rotatable bonds is 8. The van der Waals surface area contributed by atoms with Crippen LogP contribution in [0.4, 0.5) is 0 Å². The molecule has 0 amide bonds. The SMILES string of the molecule is CCCNCC(C)(CCC)CC1CCCCC1. The topological polar surface area (TPSA) is 12.0 Å². The third-order valence-corrected chi connectivity index (χ3v) is 4.34. The van der Waals surface area contributed by atoms with Gasteiger partial charge in [0, 0.05) is 6.54 Å². The fourth-order valence-corrected chi connectivity index (χ4v) is 3.52. The molecule has 1 aliphatic rings. The van der Waals surface area contributed by atoms with Gasteiger partial charge in [-0.05, 0) is 37.1 Å². The highest BCUT2D eigenvalue weighted by atomic mass is 14.9. The maximum Gasteiger partial charge on any atom is 0.000526 e. The van der Waals surface area contributed by atoms with Crippen LogP contribution >= 0.6 is 0 Å². The first-order valence-corrected chi connectivity index (χ1v) is 7.91. The fraction of sp³-hybridized carbons (Fsp3) is 1.00. The molecule has 1 heteroatoms. The predicted octanol–water partition coefficient (Wildman–Crippen LogP) is 4.76. The van der Waals surface area contributed by atoms with Crippen molar-refractivity contribution in [3.05, 3.63) is 0 Å². The maximum absolute atomic E-state index is 3.65. The van der Waals surface area contributed by atoms with E-state index in [1.807, 2.05) is 0 Å². The molecule has 17 heavy (non-hydrogen) atoms. The third-order valence-electron chi connectivity index (χ3n) is 4.34. The van der Waals surface area contributed by atoms with Crippen LogP contribution in [0.5, 0.6) is 0 Å². The van der Waals surface area contributed by atoms with E-state index in [0.717, 1.165) is 5.92 Å². The van der Waals surface area contributed by atoms with Gasteiger partial charge in [0.25, 0.3) is 0 Å². The molecule has 0 saturated heterocycles. The second kappa shape index (κ2) is 8.13. The summed E-state index contributed by atoms with van der Waals surface area (Å²) in [5, 5.41) is 3.65. The standard InChI is InChI=1S/C16H33N/c1-4-11-16(3,14-17-12-5-2)13-15-9-7-6-8-10-15/h15,17H,4-14H2,1-3H3. The Morgan fingerprint density at radius 2 is 1.76 bits per heavy atom. The van der Waals surface area contributed by atoms with Gasteiger partial charge in [-0.1, -0.05) is 59.3 Å². The first-order chi connectivity index (χ1) is 8.20. The summed E-state index contributed by atoms with van der Waals surface area (Å²) in [6, 6.07) is 0. The Bertz CT molecular complexity index is 184. The summed E-state index contributed by atoms with van der Waals surface area (Å²) in [7, 11) is 0. The third kappa shape index (κ3) is 5.90. The van der Waals surface area contributed by atoms with Gasteiger partial charge in [0.15, 0.2) is 0 Å². The molecular formula is C16H33N. The molecule has 0 aliphatic heterocycles. The molecular weight excluding hydrogens is 206 g/mol. The highest BCUT2D eigenvalue weighted by Gasteiger charge is 2.27. The van der Waals surface area contributed by atoms with Crippen molar-refractivity contribution in [2.45, 2.75) is 78.6 Å². The Balaban J connectivity index is 2.38. The van der Waals surface area contributed by atoms with Crippen molar-refractivity contribution >= 4 is 0 Å². The molecule has 0 aromatic carbocycles. The average Bonchev–Trinajstić information content (AvgIpc) is 2.31.